The van der Waals surface area contributed by atoms with E-state index >= 15 is 0 Å². The maximum absolute atomic E-state index is 13.5. The number of nitrogens with zero attached hydrogens (tertiary/aromatic N) is 1. The Morgan fingerprint density at radius 3 is 2.46 bits per heavy atom. The van der Waals surface area contributed by atoms with Crippen LogP contribution in [0.5, 0.6) is 5.75 Å². The van der Waals surface area contributed by atoms with E-state index in [1.807, 2.05) is 13.2 Å². The molecule has 148 valence electrons. The van der Waals surface area contributed by atoms with Crippen molar-refractivity contribution in [3.05, 3.63) is 65.5 Å². The summed E-state index contributed by atoms with van der Waals surface area (Å²) in [6.45, 7) is 2.03. The van der Waals surface area contributed by atoms with E-state index in [4.69, 9.17) is 4.74 Å². The first-order valence-corrected chi connectivity index (χ1v) is 9.81. The number of carbonyl (C=O) groups excluding carboxylic acids is 1. The van der Waals surface area contributed by atoms with Gasteiger partial charge in [0, 0.05) is 32.2 Å². The number of Topliss-reactive ketones (excluding diaryl/α,β-unsaturated/α-hetero) is 1. The lowest BCUT2D eigenvalue weighted by Crippen LogP contribution is -2.35. The van der Waals surface area contributed by atoms with Gasteiger partial charge in [0.2, 0.25) is 0 Å². The van der Waals surface area contributed by atoms with Crippen LogP contribution in [0.1, 0.15) is 28.8 Å². The minimum absolute atomic E-state index is 0.110. The third kappa shape index (κ3) is 3.82. The van der Waals surface area contributed by atoms with Crippen LogP contribution in [0.4, 0.5) is 4.39 Å². The molecule has 1 saturated heterocycles. The Morgan fingerprint density at radius 2 is 1.86 bits per heavy atom. The highest BCUT2D eigenvalue weighted by atomic mass is 19.1. The summed E-state index contributed by atoms with van der Waals surface area (Å²) < 4.78 is 19.5. The number of hydrogen-bond acceptors (Lipinski definition) is 4. The van der Waals surface area contributed by atoms with Crippen molar-refractivity contribution in [2.45, 2.75) is 24.9 Å². The molecule has 0 radical (unpaired) electrons. The molecule has 28 heavy (non-hydrogen) atoms. The number of carbonyl (C=O) groups is 1. The maximum atomic E-state index is 13.5. The Bertz CT molecular complexity index is 840. The molecule has 3 atom stereocenters. The van der Waals surface area contributed by atoms with Crippen LogP contribution in [0, 0.1) is 17.7 Å². The lowest BCUT2D eigenvalue weighted by molar-refractivity contribution is -0.0129. The van der Waals surface area contributed by atoms with Gasteiger partial charge in [0.25, 0.3) is 0 Å². The van der Waals surface area contributed by atoms with Gasteiger partial charge in [-0.3, -0.25) is 9.69 Å². The fraction of sp³-hybridized carbons (Fsp3) is 0.435. The summed E-state index contributed by atoms with van der Waals surface area (Å²) >= 11 is 0. The monoisotopic (exact) mass is 383 g/mol. The van der Waals surface area contributed by atoms with Crippen molar-refractivity contribution in [2.24, 2.45) is 11.8 Å². The number of aromatic hydroxyl groups is 1. The number of phenolic OH excluding ortho intramolecular Hbond substituents is 1. The standard InChI is InChI=1S/C23H26FNO3/c1-28-23(10-16-5-3-2-4-6-16)11-18-13-25(14-19(18)12-23)15-22(27)17-7-8-21(26)20(24)9-17/h2-9,18-19,26H,10-15H2,1H3/t18-,19+,23-. The molecule has 0 aromatic heterocycles. The van der Waals surface area contributed by atoms with Crippen LogP contribution in [0.2, 0.25) is 0 Å². The second-order valence-electron chi connectivity index (χ2n) is 8.26. The van der Waals surface area contributed by atoms with Gasteiger partial charge in [-0.1, -0.05) is 30.3 Å². The van der Waals surface area contributed by atoms with E-state index in [0.717, 1.165) is 38.4 Å². The van der Waals surface area contributed by atoms with Crippen LogP contribution < -0.4 is 0 Å². The largest absolute Gasteiger partial charge is 0.505 e. The Balaban J connectivity index is 1.37. The second kappa shape index (κ2) is 7.64. The molecule has 1 aliphatic carbocycles. The minimum atomic E-state index is -0.755. The zero-order chi connectivity index (χ0) is 19.7. The Morgan fingerprint density at radius 1 is 1.18 bits per heavy atom. The summed E-state index contributed by atoms with van der Waals surface area (Å²) in [5.41, 5.74) is 1.49. The van der Waals surface area contributed by atoms with Gasteiger partial charge in [-0.2, -0.15) is 0 Å². The third-order valence-corrected chi connectivity index (χ3v) is 6.36. The van der Waals surface area contributed by atoms with E-state index in [1.165, 1.54) is 17.7 Å². The zero-order valence-corrected chi connectivity index (χ0v) is 16.1. The number of ketones is 1. The van der Waals surface area contributed by atoms with E-state index in [-0.39, 0.29) is 17.9 Å². The number of benzene rings is 2. The van der Waals surface area contributed by atoms with Crippen molar-refractivity contribution in [3.63, 3.8) is 0 Å². The lowest BCUT2D eigenvalue weighted by atomic mass is 9.91. The van der Waals surface area contributed by atoms with Gasteiger partial charge >= 0.3 is 0 Å². The van der Waals surface area contributed by atoms with E-state index in [2.05, 4.69) is 29.2 Å². The molecule has 2 aromatic carbocycles. The first-order valence-electron chi connectivity index (χ1n) is 9.81. The molecule has 2 aromatic rings. The summed E-state index contributed by atoms with van der Waals surface area (Å²) in [4.78, 5) is 14.7. The van der Waals surface area contributed by atoms with Gasteiger partial charge in [-0.05, 0) is 48.4 Å². The van der Waals surface area contributed by atoms with E-state index in [9.17, 15) is 14.3 Å². The molecule has 1 saturated carbocycles. The molecular weight excluding hydrogens is 357 g/mol. The Hall–Kier alpha value is -2.24. The van der Waals surface area contributed by atoms with Gasteiger partial charge in [0.05, 0.1) is 12.1 Å². The van der Waals surface area contributed by atoms with Crippen molar-refractivity contribution in [2.75, 3.05) is 26.7 Å². The fourth-order valence-electron chi connectivity index (χ4n) is 4.99. The molecular formula is C23H26FNO3. The van der Waals surface area contributed by atoms with Crippen molar-refractivity contribution < 1.29 is 19.0 Å². The molecule has 2 fully saturated rings. The number of rotatable bonds is 6. The smallest absolute Gasteiger partial charge is 0.176 e. The van der Waals surface area contributed by atoms with Crippen LogP contribution in [0.3, 0.4) is 0 Å². The number of phenols is 1. The normalized spacial score (nSPS) is 27.1. The minimum Gasteiger partial charge on any atom is -0.505 e. The van der Waals surface area contributed by atoms with Crippen LogP contribution in [-0.2, 0) is 11.2 Å². The van der Waals surface area contributed by atoms with Gasteiger partial charge in [0.15, 0.2) is 17.3 Å². The molecule has 4 nitrogen and oxygen atoms in total. The summed E-state index contributed by atoms with van der Waals surface area (Å²) in [5, 5.41) is 9.29. The van der Waals surface area contributed by atoms with Crippen molar-refractivity contribution in [1.29, 1.82) is 0 Å². The average Bonchev–Trinajstić information content (AvgIpc) is 3.20. The van der Waals surface area contributed by atoms with Crippen LogP contribution in [0.25, 0.3) is 0 Å². The van der Waals surface area contributed by atoms with Crippen LogP contribution in [0.15, 0.2) is 48.5 Å². The van der Waals surface area contributed by atoms with Gasteiger partial charge in [0.1, 0.15) is 0 Å². The topological polar surface area (TPSA) is 49.8 Å². The predicted molar refractivity (Wildman–Crippen MR) is 105 cm³/mol. The summed E-state index contributed by atoms with van der Waals surface area (Å²) in [6.07, 6.45) is 2.92. The number of methoxy groups -OCH3 is 1. The molecule has 1 heterocycles. The van der Waals surface area contributed by atoms with Crippen molar-refractivity contribution in [3.8, 4) is 5.75 Å². The first kappa shape index (κ1) is 19.1. The first-order chi connectivity index (χ1) is 13.5. The zero-order valence-electron chi connectivity index (χ0n) is 16.1. The number of fused-ring (bicyclic) bond motifs is 1. The number of hydrogen-bond donors (Lipinski definition) is 1. The number of ether oxygens (including phenoxy) is 1. The fourth-order valence-corrected chi connectivity index (χ4v) is 4.99. The average molecular weight is 383 g/mol. The third-order valence-electron chi connectivity index (χ3n) is 6.36. The maximum Gasteiger partial charge on any atom is 0.176 e. The molecule has 5 heteroatoms. The highest BCUT2D eigenvalue weighted by Crippen LogP contribution is 2.47. The quantitative estimate of drug-likeness (QED) is 0.773. The highest BCUT2D eigenvalue weighted by Gasteiger charge is 2.49. The summed E-state index contributed by atoms with van der Waals surface area (Å²) in [5.74, 6) is -0.251. The second-order valence-corrected chi connectivity index (χ2v) is 8.26. The molecule has 0 unspecified atom stereocenters. The highest BCUT2D eigenvalue weighted by molar-refractivity contribution is 5.97. The van der Waals surface area contributed by atoms with E-state index in [0.29, 0.717) is 17.4 Å². The lowest BCUT2D eigenvalue weighted by Gasteiger charge is -2.30. The SMILES string of the molecule is CO[C@@]1(Cc2ccccc2)C[C@H]2CN(CC(=O)c3ccc(O)c(F)c3)C[C@H]2C1. The van der Waals surface area contributed by atoms with Gasteiger partial charge in [-0.25, -0.2) is 4.39 Å². The summed E-state index contributed by atoms with van der Waals surface area (Å²) in [6, 6.07) is 14.3. The number of halogens is 1. The molecule has 4 rings (SSSR count). The van der Waals surface area contributed by atoms with Crippen LogP contribution in [-0.4, -0.2) is 48.1 Å². The molecule has 0 spiro atoms. The Labute approximate surface area is 164 Å². The summed E-state index contributed by atoms with van der Waals surface area (Å²) in [7, 11) is 1.81. The molecule has 1 N–H and O–H groups in total. The van der Waals surface area contributed by atoms with E-state index < -0.39 is 11.6 Å². The van der Waals surface area contributed by atoms with Crippen LogP contribution >= 0.6 is 0 Å². The predicted octanol–water partition coefficient (Wildman–Crippen LogP) is 3.68. The van der Waals surface area contributed by atoms with Gasteiger partial charge < -0.3 is 9.84 Å². The van der Waals surface area contributed by atoms with Gasteiger partial charge in [-0.15, -0.1) is 0 Å². The van der Waals surface area contributed by atoms with E-state index in [1.54, 1.807) is 0 Å². The Kier molecular flexibility index (Phi) is 5.21. The van der Waals surface area contributed by atoms with Crippen molar-refractivity contribution in [1.82, 2.24) is 4.90 Å². The number of likely N-dealkylation sites (tertiary alicyclic amines) is 1. The molecule has 1 aliphatic heterocycles. The molecule has 0 amide bonds. The molecule has 2 aliphatic rings. The molecule has 0 bridgehead atoms. The van der Waals surface area contributed by atoms with Crippen molar-refractivity contribution >= 4 is 5.78 Å².